The first-order valence-electron chi connectivity index (χ1n) is 7.88. The molecule has 0 aromatic heterocycles. The van der Waals surface area contributed by atoms with Gasteiger partial charge in [-0.1, -0.05) is 6.07 Å². The van der Waals surface area contributed by atoms with Crippen molar-refractivity contribution in [1.29, 1.82) is 0 Å². The number of ether oxygens (including phenoxy) is 1. The summed E-state index contributed by atoms with van der Waals surface area (Å²) in [7, 11) is 0. The number of carbonyl (C=O) groups is 1. The molecule has 1 N–H and O–H groups in total. The van der Waals surface area contributed by atoms with Crippen LogP contribution >= 0.6 is 15.9 Å². The van der Waals surface area contributed by atoms with Crippen molar-refractivity contribution in [1.82, 2.24) is 4.90 Å². The number of rotatable bonds is 3. The number of anilines is 1. The molecule has 7 nitrogen and oxygen atoms in total. The van der Waals surface area contributed by atoms with E-state index in [1.807, 2.05) is 20.8 Å². The molecule has 132 valence electrons. The first-order valence-corrected chi connectivity index (χ1v) is 8.67. The second-order valence-electron chi connectivity index (χ2n) is 6.72. The van der Waals surface area contributed by atoms with E-state index in [1.54, 1.807) is 23.1 Å². The summed E-state index contributed by atoms with van der Waals surface area (Å²) in [4.78, 5) is 24.9. The molecule has 1 aromatic carbocycles. The van der Waals surface area contributed by atoms with Gasteiger partial charge in [-0.25, -0.2) is 4.79 Å². The highest BCUT2D eigenvalue weighted by Crippen LogP contribution is 2.34. The third-order valence-corrected chi connectivity index (χ3v) is 4.26. The number of nitrogens with one attached hydrogen (secondary N) is 1. The first kappa shape index (κ1) is 18.5. The Morgan fingerprint density at radius 2 is 2.12 bits per heavy atom. The number of carbonyl (C=O) groups excluding carboxylic acids is 1. The zero-order valence-corrected chi connectivity index (χ0v) is 15.6. The van der Waals surface area contributed by atoms with Crippen LogP contribution in [0.5, 0.6) is 0 Å². The third kappa shape index (κ3) is 4.59. The van der Waals surface area contributed by atoms with Gasteiger partial charge >= 0.3 is 11.8 Å². The van der Waals surface area contributed by atoms with Crippen LogP contribution in [0, 0.1) is 10.1 Å². The van der Waals surface area contributed by atoms with E-state index in [-0.39, 0.29) is 11.9 Å². The standard InChI is InChI=1S/C16H22BrN3O4/c1-16(2,3)24-15(21)19-10-5-4-9-13(19)18-12-8-6-7-11(17)14(12)20(22)23/h6-8,13,18H,4-5,9-10H2,1-3H3. The highest BCUT2D eigenvalue weighted by atomic mass is 79.9. The van der Waals surface area contributed by atoms with Crippen LogP contribution in [0.4, 0.5) is 16.2 Å². The molecule has 0 radical (unpaired) electrons. The lowest BCUT2D eigenvalue weighted by molar-refractivity contribution is -0.384. The number of piperidine rings is 1. The normalized spacial score (nSPS) is 18.2. The molecule has 1 aromatic rings. The molecule has 1 unspecified atom stereocenters. The van der Waals surface area contributed by atoms with Gasteiger partial charge in [0.25, 0.3) is 0 Å². The first-order chi connectivity index (χ1) is 11.2. The van der Waals surface area contributed by atoms with Gasteiger partial charge in [0, 0.05) is 6.54 Å². The average molecular weight is 400 g/mol. The quantitative estimate of drug-likeness (QED) is 0.596. The van der Waals surface area contributed by atoms with Gasteiger partial charge in [-0.05, 0) is 68.1 Å². The van der Waals surface area contributed by atoms with Gasteiger partial charge in [0.15, 0.2) is 0 Å². The molecule has 2 rings (SSSR count). The molecule has 1 heterocycles. The van der Waals surface area contributed by atoms with Crippen molar-refractivity contribution in [2.75, 3.05) is 11.9 Å². The lowest BCUT2D eigenvalue weighted by Crippen LogP contribution is -2.49. The van der Waals surface area contributed by atoms with Crippen molar-refractivity contribution in [3.05, 3.63) is 32.8 Å². The fourth-order valence-corrected chi connectivity index (χ4v) is 3.13. The minimum atomic E-state index is -0.582. The van der Waals surface area contributed by atoms with Crippen molar-refractivity contribution in [2.24, 2.45) is 0 Å². The van der Waals surface area contributed by atoms with Crippen molar-refractivity contribution in [3.63, 3.8) is 0 Å². The van der Waals surface area contributed by atoms with Gasteiger partial charge in [0.05, 0.1) is 9.40 Å². The number of nitro groups is 1. The van der Waals surface area contributed by atoms with Gasteiger partial charge in [0.2, 0.25) is 0 Å². The van der Waals surface area contributed by atoms with E-state index in [2.05, 4.69) is 21.2 Å². The summed E-state index contributed by atoms with van der Waals surface area (Å²) in [5.74, 6) is 0. The van der Waals surface area contributed by atoms with Gasteiger partial charge in [-0.3, -0.25) is 15.0 Å². The molecule has 1 atom stereocenters. The van der Waals surface area contributed by atoms with E-state index < -0.39 is 16.6 Å². The summed E-state index contributed by atoms with van der Waals surface area (Å²) in [6, 6.07) is 4.99. The maximum Gasteiger partial charge on any atom is 0.411 e. The number of nitrogens with zero attached hydrogens (tertiary/aromatic N) is 2. The number of halogens is 1. The topological polar surface area (TPSA) is 84.7 Å². The van der Waals surface area contributed by atoms with Crippen LogP contribution in [-0.2, 0) is 4.74 Å². The molecule has 0 spiro atoms. The fraction of sp³-hybridized carbons (Fsp3) is 0.562. The summed E-state index contributed by atoms with van der Waals surface area (Å²) in [6.45, 7) is 6.01. The monoisotopic (exact) mass is 399 g/mol. The van der Waals surface area contributed by atoms with Gasteiger partial charge in [-0.2, -0.15) is 0 Å². The number of benzene rings is 1. The van der Waals surface area contributed by atoms with Crippen LogP contribution in [0.2, 0.25) is 0 Å². The SMILES string of the molecule is CC(C)(C)OC(=O)N1CCCCC1Nc1cccc(Br)c1[N+](=O)[O-]. The Hall–Kier alpha value is -1.83. The molecular weight excluding hydrogens is 378 g/mol. The minimum Gasteiger partial charge on any atom is -0.444 e. The predicted molar refractivity (Wildman–Crippen MR) is 95.0 cm³/mol. The Labute approximate surface area is 149 Å². The Morgan fingerprint density at radius 1 is 1.42 bits per heavy atom. The number of hydrogen-bond acceptors (Lipinski definition) is 5. The maximum absolute atomic E-state index is 12.4. The van der Waals surface area contributed by atoms with Crippen LogP contribution in [-0.4, -0.2) is 34.2 Å². The van der Waals surface area contributed by atoms with E-state index in [9.17, 15) is 14.9 Å². The molecule has 8 heteroatoms. The van der Waals surface area contributed by atoms with Crippen molar-refractivity contribution < 1.29 is 14.5 Å². The van der Waals surface area contributed by atoms with Crippen LogP contribution in [0.3, 0.4) is 0 Å². The predicted octanol–water partition coefficient (Wildman–Crippen LogP) is 4.52. The third-order valence-electron chi connectivity index (χ3n) is 3.62. The van der Waals surface area contributed by atoms with Crippen LogP contribution in [0.1, 0.15) is 40.0 Å². The van der Waals surface area contributed by atoms with Gasteiger partial charge in [0.1, 0.15) is 17.5 Å². The van der Waals surface area contributed by atoms with Gasteiger partial charge in [-0.15, -0.1) is 0 Å². The second-order valence-corrected chi connectivity index (χ2v) is 7.58. The molecule has 1 aliphatic heterocycles. The van der Waals surface area contributed by atoms with Crippen LogP contribution in [0.15, 0.2) is 22.7 Å². The number of likely N-dealkylation sites (tertiary alicyclic amines) is 1. The van der Waals surface area contributed by atoms with Gasteiger partial charge < -0.3 is 10.1 Å². The molecule has 0 bridgehead atoms. The Kier molecular flexibility index (Phi) is 5.69. The number of amides is 1. The zero-order valence-electron chi connectivity index (χ0n) is 14.0. The second kappa shape index (κ2) is 7.38. The Balaban J connectivity index is 2.22. The fourth-order valence-electron chi connectivity index (χ4n) is 2.62. The molecule has 1 saturated heterocycles. The number of hydrogen-bond donors (Lipinski definition) is 1. The summed E-state index contributed by atoms with van der Waals surface area (Å²) in [6.07, 6.45) is 1.80. The largest absolute Gasteiger partial charge is 0.444 e. The highest BCUT2D eigenvalue weighted by molar-refractivity contribution is 9.10. The van der Waals surface area contributed by atoms with E-state index in [0.29, 0.717) is 23.1 Å². The van der Waals surface area contributed by atoms with E-state index >= 15 is 0 Å². The zero-order chi connectivity index (χ0) is 17.9. The highest BCUT2D eigenvalue weighted by Gasteiger charge is 2.32. The molecule has 24 heavy (non-hydrogen) atoms. The van der Waals surface area contributed by atoms with E-state index in [1.165, 1.54) is 0 Å². The minimum absolute atomic E-state index is 0.0350. The number of para-hydroxylation sites is 1. The maximum atomic E-state index is 12.4. The summed E-state index contributed by atoms with van der Waals surface area (Å²) >= 11 is 3.21. The van der Waals surface area contributed by atoms with Crippen LogP contribution in [0.25, 0.3) is 0 Å². The van der Waals surface area contributed by atoms with Crippen molar-refractivity contribution in [2.45, 2.75) is 51.8 Å². The van der Waals surface area contributed by atoms with Crippen LogP contribution < -0.4 is 5.32 Å². The average Bonchev–Trinajstić information content (AvgIpc) is 2.45. The number of nitro benzene ring substituents is 1. The van der Waals surface area contributed by atoms with E-state index in [0.717, 1.165) is 12.8 Å². The molecular formula is C16H22BrN3O4. The molecule has 1 aliphatic rings. The summed E-state index contributed by atoms with van der Waals surface area (Å²) in [5.41, 5.74) is -0.233. The molecule has 1 amide bonds. The Bertz CT molecular complexity index is 630. The lowest BCUT2D eigenvalue weighted by Gasteiger charge is -2.37. The Morgan fingerprint density at radius 3 is 2.75 bits per heavy atom. The summed E-state index contributed by atoms with van der Waals surface area (Å²) in [5, 5.41) is 14.5. The van der Waals surface area contributed by atoms with Crippen molar-refractivity contribution >= 4 is 33.4 Å². The molecule has 0 saturated carbocycles. The molecule has 0 aliphatic carbocycles. The summed E-state index contributed by atoms with van der Waals surface area (Å²) < 4.78 is 5.85. The van der Waals surface area contributed by atoms with E-state index in [4.69, 9.17) is 4.74 Å². The lowest BCUT2D eigenvalue weighted by atomic mass is 10.1. The smallest absolute Gasteiger partial charge is 0.411 e. The molecule has 1 fully saturated rings. The van der Waals surface area contributed by atoms with Crippen molar-refractivity contribution in [3.8, 4) is 0 Å².